The summed E-state index contributed by atoms with van der Waals surface area (Å²) >= 11 is 0. The van der Waals surface area contributed by atoms with E-state index in [1.807, 2.05) is 6.92 Å². The van der Waals surface area contributed by atoms with E-state index in [0.717, 1.165) is 32.2 Å². The van der Waals surface area contributed by atoms with Gasteiger partial charge in [0.1, 0.15) is 5.54 Å². The first-order valence-electron chi connectivity index (χ1n) is 6.84. The van der Waals surface area contributed by atoms with Gasteiger partial charge < -0.3 is 15.7 Å². The van der Waals surface area contributed by atoms with Crippen molar-refractivity contribution in [3.05, 3.63) is 0 Å². The summed E-state index contributed by atoms with van der Waals surface area (Å²) < 4.78 is 0. The molecule has 1 saturated carbocycles. The number of hydrogen-bond donors (Lipinski definition) is 3. The molecule has 0 aromatic carbocycles. The van der Waals surface area contributed by atoms with Crippen LogP contribution >= 0.6 is 0 Å². The number of carbonyl (C=O) groups excluding carboxylic acids is 1. The number of amides is 1. The molecule has 1 heterocycles. The summed E-state index contributed by atoms with van der Waals surface area (Å²) in [6, 6.07) is -0.233. The molecule has 2 fully saturated rings. The molecule has 1 saturated heterocycles. The molecule has 1 amide bonds. The van der Waals surface area contributed by atoms with Crippen LogP contribution in [0.1, 0.15) is 45.4 Å². The second kappa shape index (κ2) is 5.26. The van der Waals surface area contributed by atoms with Crippen molar-refractivity contribution in [3.8, 4) is 0 Å². The Hall–Kier alpha value is -1.10. The molecular formula is C13H22N2O3. The van der Waals surface area contributed by atoms with Gasteiger partial charge in [0.2, 0.25) is 5.91 Å². The minimum atomic E-state index is -1.03. The molecule has 2 unspecified atom stereocenters. The van der Waals surface area contributed by atoms with Crippen molar-refractivity contribution in [1.29, 1.82) is 0 Å². The minimum Gasteiger partial charge on any atom is -0.480 e. The second-order valence-corrected chi connectivity index (χ2v) is 5.63. The maximum Gasteiger partial charge on any atom is 0.329 e. The largest absolute Gasteiger partial charge is 0.480 e. The Labute approximate surface area is 107 Å². The molecule has 5 heteroatoms. The lowest BCUT2D eigenvalue weighted by Gasteiger charge is -2.35. The maximum absolute atomic E-state index is 12.2. The van der Waals surface area contributed by atoms with E-state index in [2.05, 4.69) is 10.6 Å². The quantitative estimate of drug-likeness (QED) is 0.699. The highest BCUT2D eigenvalue weighted by atomic mass is 16.4. The summed E-state index contributed by atoms with van der Waals surface area (Å²) in [5.41, 5.74) is -1.03. The molecule has 0 spiro atoms. The maximum atomic E-state index is 12.2. The number of hydrogen-bond acceptors (Lipinski definition) is 3. The SMILES string of the molecule is CC1CCNC1C(=O)NC1(C(=O)O)CCCCC1. The third-order valence-corrected chi connectivity index (χ3v) is 4.29. The fourth-order valence-corrected chi connectivity index (χ4v) is 3.05. The highest BCUT2D eigenvalue weighted by molar-refractivity contribution is 5.90. The van der Waals surface area contributed by atoms with Gasteiger partial charge in [0.15, 0.2) is 0 Å². The second-order valence-electron chi connectivity index (χ2n) is 5.63. The predicted octanol–water partition coefficient (Wildman–Crippen LogP) is 0.888. The van der Waals surface area contributed by atoms with Gasteiger partial charge in [-0.1, -0.05) is 26.2 Å². The summed E-state index contributed by atoms with van der Waals surface area (Å²) in [6.45, 7) is 2.86. The van der Waals surface area contributed by atoms with E-state index in [9.17, 15) is 14.7 Å². The lowest BCUT2D eigenvalue weighted by molar-refractivity contribution is -0.149. The molecule has 102 valence electrons. The zero-order valence-electron chi connectivity index (χ0n) is 10.9. The van der Waals surface area contributed by atoms with E-state index in [1.165, 1.54) is 0 Å². The summed E-state index contributed by atoms with van der Waals surface area (Å²) in [7, 11) is 0. The summed E-state index contributed by atoms with van der Waals surface area (Å²) in [6.07, 6.45) is 4.88. The van der Waals surface area contributed by atoms with Crippen LogP contribution in [0, 0.1) is 5.92 Å². The van der Waals surface area contributed by atoms with Crippen LogP contribution in [0.5, 0.6) is 0 Å². The number of carboxylic acids is 1. The third-order valence-electron chi connectivity index (χ3n) is 4.29. The van der Waals surface area contributed by atoms with Crippen molar-refractivity contribution in [1.82, 2.24) is 10.6 Å². The number of carboxylic acid groups (broad SMARTS) is 1. The Morgan fingerprint density at radius 3 is 2.44 bits per heavy atom. The van der Waals surface area contributed by atoms with Crippen molar-refractivity contribution in [2.75, 3.05) is 6.54 Å². The van der Waals surface area contributed by atoms with E-state index in [-0.39, 0.29) is 17.9 Å². The molecule has 3 N–H and O–H groups in total. The number of nitrogens with one attached hydrogen (secondary N) is 2. The average molecular weight is 254 g/mol. The molecule has 5 nitrogen and oxygen atoms in total. The smallest absolute Gasteiger partial charge is 0.329 e. The van der Waals surface area contributed by atoms with Crippen LogP contribution < -0.4 is 10.6 Å². The molecule has 0 aromatic rings. The summed E-state index contributed by atoms with van der Waals surface area (Å²) in [5, 5.41) is 15.4. The number of carbonyl (C=O) groups is 2. The zero-order chi connectivity index (χ0) is 13.2. The van der Waals surface area contributed by atoms with Crippen LogP contribution in [-0.4, -0.2) is 35.1 Å². The predicted molar refractivity (Wildman–Crippen MR) is 67.2 cm³/mol. The van der Waals surface area contributed by atoms with E-state index in [0.29, 0.717) is 12.8 Å². The molecule has 18 heavy (non-hydrogen) atoms. The van der Waals surface area contributed by atoms with Gasteiger partial charge in [-0.15, -0.1) is 0 Å². The molecule has 2 aliphatic rings. The fourth-order valence-electron chi connectivity index (χ4n) is 3.05. The molecule has 0 bridgehead atoms. The van der Waals surface area contributed by atoms with Gasteiger partial charge in [0, 0.05) is 0 Å². The molecular weight excluding hydrogens is 232 g/mol. The standard InChI is InChI=1S/C13H22N2O3/c1-9-5-8-14-10(9)11(16)15-13(12(17)18)6-3-2-4-7-13/h9-10,14H,2-8H2,1H3,(H,15,16)(H,17,18). The van der Waals surface area contributed by atoms with Crippen LogP contribution in [0.2, 0.25) is 0 Å². The van der Waals surface area contributed by atoms with E-state index >= 15 is 0 Å². The Morgan fingerprint density at radius 1 is 1.28 bits per heavy atom. The van der Waals surface area contributed by atoms with Crippen LogP contribution in [0.25, 0.3) is 0 Å². The lowest BCUT2D eigenvalue weighted by atomic mass is 9.81. The Kier molecular flexibility index (Phi) is 3.90. The van der Waals surface area contributed by atoms with Crippen molar-refractivity contribution in [2.45, 2.75) is 57.0 Å². The first kappa shape index (κ1) is 13.3. The first-order valence-corrected chi connectivity index (χ1v) is 6.84. The number of rotatable bonds is 3. The third kappa shape index (κ3) is 2.51. The van der Waals surface area contributed by atoms with Gasteiger partial charge in [0.05, 0.1) is 6.04 Å². The monoisotopic (exact) mass is 254 g/mol. The highest BCUT2D eigenvalue weighted by Gasteiger charge is 2.43. The lowest BCUT2D eigenvalue weighted by Crippen LogP contribution is -2.59. The van der Waals surface area contributed by atoms with E-state index in [1.54, 1.807) is 0 Å². The van der Waals surface area contributed by atoms with Crippen molar-refractivity contribution in [3.63, 3.8) is 0 Å². The topological polar surface area (TPSA) is 78.4 Å². The summed E-state index contributed by atoms with van der Waals surface area (Å²) in [4.78, 5) is 23.7. The van der Waals surface area contributed by atoms with Crippen LogP contribution in [0.3, 0.4) is 0 Å². The van der Waals surface area contributed by atoms with E-state index in [4.69, 9.17) is 0 Å². The zero-order valence-corrected chi connectivity index (χ0v) is 10.9. The Morgan fingerprint density at radius 2 is 1.94 bits per heavy atom. The molecule has 1 aliphatic carbocycles. The van der Waals surface area contributed by atoms with Crippen LogP contribution in [0.15, 0.2) is 0 Å². The van der Waals surface area contributed by atoms with Gasteiger partial charge in [-0.2, -0.15) is 0 Å². The normalized spacial score (nSPS) is 30.9. The highest BCUT2D eigenvalue weighted by Crippen LogP contribution is 2.29. The fraction of sp³-hybridized carbons (Fsp3) is 0.846. The minimum absolute atomic E-state index is 0.149. The Balaban J connectivity index is 2.04. The van der Waals surface area contributed by atoms with Crippen LogP contribution in [0.4, 0.5) is 0 Å². The van der Waals surface area contributed by atoms with Gasteiger partial charge in [-0.3, -0.25) is 4.79 Å². The summed E-state index contributed by atoms with van der Waals surface area (Å²) in [5.74, 6) is -0.759. The van der Waals surface area contributed by atoms with Crippen molar-refractivity contribution in [2.24, 2.45) is 5.92 Å². The van der Waals surface area contributed by atoms with Crippen molar-refractivity contribution < 1.29 is 14.7 Å². The number of aliphatic carboxylic acids is 1. The molecule has 0 aromatic heterocycles. The van der Waals surface area contributed by atoms with Gasteiger partial charge >= 0.3 is 5.97 Å². The van der Waals surface area contributed by atoms with Gasteiger partial charge in [-0.05, 0) is 31.7 Å². The molecule has 2 rings (SSSR count). The Bertz CT molecular complexity index is 337. The first-order chi connectivity index (χ1) is 8.55. The molecule has 0 radical (unpaired) electrons. The van der Waals surface area contributed by atoms with Gasteiger partial charge in [-0.25, -0.2) is 4.79 Å². The molecule has 2 atom stereocenters. The van der Waals surface area contributed by atoms with Crippen LogP contribution in [-0.2, 0) is 9.59 Å². The van der Waals surface area contributed by atoms with E-state index < -0.39 is 11.5 Å². The molecule has 1 aliphatic heterocycles. The van der Waals surface area contributed by atoms with Crippen molar-refractivity contribution >= 4 is 11.9 Å². The van der Waals surface area contributed by atoms with Gasteiger partial charge in [0.25, 0.3) is 0 Å². The average Bonchev–Trinajstić information content (AvgIpc) is 2.76.